The Labute approximate surface area is 146 Å². The normalized spacial score (nSPS) is 17.8. The number of halogens is 1. The van der Waals surface area contributed by atoms with Crippen LogP contribution in [0.2, 0.25) is 0 Å². The SMILES string of the molecule is CCc1c(-c2csc(C3COCCN3)n2)[nH]c(C)c1C(C)=O.Cl. The average Bonchev–Trinajstić information content (AvgIpc) is 3.12. The first-order chi connectivity index (χ1) is 10.6. The van der Waals surface area contributed by atoms with Gasteiger partial charge in [-0.05, 0) is 25.8 Å². The van der Waals surface area contributed by atoms with Gasteiger partial charge in [-0.3, -0.25) is 4.79 Å². The molecule has 126 valence electrons. The molecular formula is C16H22ClN3O2S. The number of ketones is 1. The summed E-state index contributed by atoms with van der Waals surface area (Å²) >= 11 is 1.64. The number of morpholine rings is 1. The van der Waals surface area contributed by atoms with Gasteiger partial charge < -0.3 is 15.0 Å². The first kappa shape index (κ1) is 18.1. The maximum absolute atomic E-state index is 11.9. The Morgan fingerprint density at radius 1 is 1.52 bits per heavy atom. The predicted octanol–water partition coefficient (Wildman–Crippen LogP) is 3.29. The first-order valence-corrected chi connectivity index (χ1v) is 8.49. The van der Waals surface area contributed by atoms with Crippen LogP contribution in [0.15, 0.2) is 5.38 Å². The minimum Gasteiger partial charge on any atom is -0.378 e. The highest BCUT2D eigenvalue weighted by molar-refractivity contribution is 7.10. The van der Waals surface area contributed by atoms with E-state index in [9.17, 15) is 4.79 Å². The second-order valence-electron chi connectivity index (χ2n) is 5.54. The zero-order valence-corrected chi connectivity index (χ0v) is 15.2. The van der Waals surface area contributed by atoms with E-state index in [-0.39, 0.29) is 24.2 Å². The first-order valence-electron chi connectivity index (χ1n) is 7.61. The number of aromatic amines is 1. The highest BCUT2D eigenvalue weighted by atomic mass is 35.5. The Morgan fingerprint density at radius 3 is 2.91 bits per heavy atom. The molecule has 1 aliphatic rings. The number of aromatic nitrogens is 2. The van der Waals surface area contributed by atoms with Gasteiger partial charge in [-0.1, -0.05) is 6.92 Å². The molecule has 2 aromatic rings. The molecular weight excluding hydrogens is 334 g/mol. The van der Waals surface area contributed by atoms with E-state index < -0.39 is 0 Å². The standard InChI is InChI=1S/C16H21N3O2S.ClH/c1-4-11-14(10(3)20)9(2)18-15(11)13-8-22-16(19-13)12-7-21-6-5-17-12;/h8,12,17-18H,4-7H2,1-3H3;1H. The topological polar surface area (TPSA) is 67.0 Å². The van der Waals surface area contributed by atoms with Crippen molar-refractivity contribution in [1.29, 1.82) is 0 Å². The molecule has 5 nitrogen and oxygen atoms in total. The second-order valence-corrected chi connectivity index (χ2v) is 6.43. The number of hydrogen-bond donors (Lipinski definition) is 2. The van der Waals surface area contributed by atoms with Crippen molar-refractivity contribution in [2.24, 2.45) is 0 Å². The average molecular weight is 356 g/mol. The van der Waals surface area contributed by atoms with Crippen molar-refractivity contribution in [3.8, 4) is 11.4 Å². The van der Waals surface area contributed by atoms with Crippen LogP contribution < -0.4 is 5.32 Å². The van der Waals surface area contributed by atoms with Crippen LogP contribution in [0.5, 0.6) is 0 Å². The monoisotopic (exact) mass is 355 g/mol. The lowest BCUT2D eigenvalue weighted by molar-refractivity contribution is 0.0768. The van der Waals surface area contributed by atoms with Crippen molar-refractivity contribution in [3.05, 3.63) is 27.2 Å². The molecule has 1 saturated heterocycles. The number of nitrogens with one attached hydrogen (secondary N) is 2. The molecule has 2 aromatic heterocycles. The molecule has 0 bridgehead atoms. The molecule has 1 atom stereocenters. The van der Waals surface area contributed by atoms with Crippen LogP contribution in [0.25, 0.3) is 11.4 Å². The molecule has 0 saturated carbocycles. The number of carbonyl (C=O) groups excluding carboxylic acids is 1. The van der Waals surface area contributed by atoms with Gasteiger partial charge in [0.25, 0.3) is 0 Å². The van der Waals surface area contributed by atoms with Crippen LogP contribution >= 0.6 is 23.7 Å². The van der Waals surface area contributed by atoms with Crippen molar-refractivity contribution in [1.82, 2.24) is 15.3 Å². The summed E-state index contributed by atoms with van der Waals surface area (Å²) in [5.41, 5.74) is 4.69. The largest absolute Gasteiger partial charge is 0.378 e. The lowest BCUT2D eigenvalue weighted by Gasteiger charge is -2.21. The van der Waals surface area contributed by atoms with Crippen molar-refractivity contribution in [3.63, 3.8) is 0 Å². The maximum Gasteiger partial charge on any atom is 0.161 e. The number of H-pyrrole nitrogens is 1. The van der Waals surface area contributed by atoms with Gasteiger partial charge in [0, 0.05) is 23.2 Å². The fraction of sp³-hybridized carbons (Fsp3) is 0.500. The summed E-state index contributed by atoms with van der Waals surface area (Å²) < 4.78 is 5.50. The summed E-state index contributed by atoms with van der Waals surface area (Å²) in [6.45, 7) is 7.92. The molecule has 0 aromatic carbocycles. The van der Waals surface area contributed by atoms with Gasteiger partial charge in [0.1, 0.15) is 5.01 Å². The van der Waals surface area contributed by atoms with Crippen molar-refractivity contribution >= 4 is 29.5 Å². The number of rotatable bonds is 4. The van der Waals surface area contributed by atoms with Crippen LogP contribution in [0.1, 0.15) is 46.5 Å². The van der Waals surface area contributed by atoms with E-state index in [4.69, 9.17) is 9.72 Å². The molecule has 3 heterocycles. The zero-order valence-electron chi connectivity index (χ0n) is 13.6. The Hall–Kier alpha value is -1.21. The number of hydrogen-bond acceptors (Lipinski definition) is 5. The number of Topliss-reactive ketones (excluding diaryl/α,β-unsaturated/α-hetero) is 1. The smallest absolute Gasteiger partial charge is 0.161 e. The summed E-state index contributed by atoms with van der Waals surface area (Å²) in [5, 5.41) is 6.51. The summed E-state index contributed by atoms with van der Waals surface area (Å²) in [6.07, 6.45) is 0.812. The van der Waals surface area contributed by atoms with Gasteiger partial charge in [0.05, 0.1) is 30.6 Å². The molecule has 0 spiro atoms. The van der Waals surface area contributed by atoms with Crippen molar-refractivity contribution in [2.45, 2.75) is 33.2 Å². The molecule has 1 aliphatic heterocycles. The Morgan fingerprint density at radius 2 is 2.30 bits per heavy atom. The minimum atomic E-state index is 0. The van der Waals surface area contributed by atoms with E-state index in [2.05, 4.69) is 22.6 Å². The lowest BCUT2D eigenvalue weighted by atomic mass is 10.0. The predicted molar refractivity (Wildman–Crippen MR) is 94.8 cm³/mol. The molecule has 3 rings (SSSR count). The van der Waals surface area contributed by atoms with Gasteiger partial charge in [-0.2, -0.15) is 0 Å². The zero-order chi connectivity index (χ0) is 15.7. The number of carbonyl (C=O) groups is 1. The van der Waals surface area contributed by atoms with Crippen LogP contribution in [0.4, 0.5) is 0 Å². The third-order valence-electron chi connectivity index (χ3n) is 3.99. The molecule has 23 heavy (non-hydrogen) atoms. The molecule has 0 aliphatic carbocycles. The molecule has 0 radical (unpaired) electrons. The minimum absolute atomic E-state index is 0. The third kappa shape index (κ3) is 3.50. The van der Waals surface area contributed by atoms with Crippen LogP contribution in [0.3, 0.4) is 0 Å². The number of thiazole rings is 1. The molecule has 1 unspecified atom stereocenters. The Balaban J connectivity index is 0.00000192. The number of nitrogens with zero attached hydrogens (tertiary/aromatic N) is 1. The summed E-state index contributed by atoms with van der Waals surface area (Å²) in [5.74, 6) is 0.106. The fourth-order valence-electron chi connectivity index (χ4n) is 3.01. The van der Waals surface area contributed by atoms with E-state index >= 15 is 0 Å². The van der Waals surface area contributed by atoms with E-state index in [1.54, 1.807) is 18.3 Å². The van der Waals surface area contributed by atoms with Gasteiger partial charge >= 0.3 is 0 Å². The van der Waals surface area contributed by atoms with Crippen LogP contribution in [-0.4, -0.2) is 35.5 Å². The molecule has 1 fully saturated rings. The van der Waals surface area contributed by atoms with Crippen LogP contribution in [0, 0.1) is 6.92 Å². The van der Waals surface area contributed by atoms with E-state index in [1.165, 1.54) is 0 Å². The molecule has 0 amide bonds. The van der Waals surface area contributed by atoms with Gasteiger partial charge in [0.15, 0.2) is 5.78 Å². The summed E-state index contributed by atoms with van der Waals surface area (Å²) in [6, 6.07) is 0.168. The van der Waals surface area contributed by atoms with Gasteiger partial charge in [-0.25, -0.2) is 4.98 Å². The summed E-state index contributed by atoms with van der Waals surface area (Å²) in [7, 11) is 0. The van der Waals surface area contributed by atoms with E-state index in [0.29, 0.717) is 6.61 Å². The molecule has 7 heteroatoms. The van der Waals surface area contributed by atoms with Gasteiger partial charge in [-0.15, -0.1) is 23.7 Å². The van der Waals surface area contributed by atoms with Crippen LogP contribution in [-0.2, 0) is 11.2 Å². The molecule has 2 N–H and O–H groups in total. The Kier molecular flexibility index (Phi) is 5.97. The van der Waals surface area contributed by atoms with Crippen molar-refractivity contribution < 1.29 is 9.53 Å². The third-order valence-corrected chi connectivity index (χ3v) is 4.95. The maximum atomic E-state index is 11.9. The summed E-state index contributed by atoms with van der Waals surface area (Å²) in [4.78, 5) is 20.0. The van der Waals surface area contributed by atoms with E-state index in [0.717, 1.165) is 52.8 Å². The number of ether oxygens (including phenoxy) is 1. The van der Waals surface area contributed by atoms with Gasteiger partial charge in [0.2, 0.25) is 0 Å². The van der Waals surface area contributed by atoms with E-state index in [1.807, 2.05) is 6.92 Å². The second kappa shape index (κ2) is 7.57. The quantitative estimate of drug-likeness (QED) is 0.826. The highest BCUT2D eigenvalue weighted by Crippen LogP contribution is 2.31. The Bertz CT molecular complexity index is 690. The van der Waals surface area contributed by atoms with Crippen molar-refractivity contribution in [2.75, 3.05) is 19.8 Å². The lowest BCUT2D eigenvalue weighted by Crippen LogP contribution is -2.34. The highest BCUT2D eigenvalue weighted by Gasteiger charge is 2.22. The number of aryl methyl sites for hydroxylation is 1. The fourth-order valence-corrected chi connectivity index (χ4v) is 3.88.